The van der Waals surface area contributed by atoms with Crippen LogP contribution in [0.25, 0.3) is 16.3 Å². The summed E-state index contributed by atoms with van der Waals surface area (Å²) in [5.74, 6) is 0.433. The Morgan fingerprint density at radius 2 is 1.85 bits per heavy atom. The van der Waals surface area contributed by atoms with Gasteiger partial charge < -0.3 is 15.5 Å². The van der Waals surface area contributed by atoms with Gasteiger partial charge in [-0.3, -0.25) is 9.59 Å². The van der Waals surface area contributed by atoms with Crippen molar-refractivity contribution in [3.8, 4) is 16.3 Å². The average molecular weight is 593 g/mol. The Morgan fingerprint density at radius 1 is 1.07 bits per heavy atom. The molecule has 7 rings (SSSR count). The van der Waals surface area contributed by atoms with Gasteiger partial charge in [0.2, 0.25) is 11.8 Å². The predicted molar refractivity (Wildman–Crippen MR) is 162 cm³/mol. The van der Waals surface area contributed by atoms with Crippen molar-refractivity contribution in [2.45, 2.75) is 95.6 Å². The van der Waals surface area contributed by atoms with E-state index in [4.69, 9.17) is 21.7 Å². The number of anilines is 1. The standard InChI is InChI=1S/C31H37ClN6O2S/c1-18(39)33-31-35-25-10-9-23-28(20-7-8-20)36-38(29(23)30(25)41-31)26-11-6-19(16-24(26)32)17-27(40)34-21-12-14-37(15-13-21)22-4-2-3-5-22/h6,11,16,20-22H,2-5,7-10,12-15,17H2,1H3,(H,34,40)(H,33,35,39). The van der Waals surface area contributed by atoms with E-state index < -0.39 is 0 Å². The Kier molecular flexibility index (Phi) is 7.37. The van der Waals surface area contributed by atoms with Crippen LogP contribution in [0.5, 0.6) is 0 Å². The largest absolute Gasteiger partial charge is 0.353 e. The predicted octanol–water partition coefficient (Wildman–Crippen LogP) is 5.65. The zero-order valence-corrected chi connectivity index (χ0v) is 25.1. The van der Waals surface area contributed by atoms with Gasteiger partial charge in [0.1, 0.15) is 0 Å². The molecule has 1 aromatic carbocycles. The first-order valence-electron chi connectivity index (χ1n) is 15.1. The number of hydrogen-bond donors (Lipinski definition) is 2. The number of carbonyl (C=O) groups excluding carboxylic acids is 2. The van der Waals surface area contributed by atoms with E-state index in [0.29, 0.717) is 22.5 Å². The molecule has 8 nitrogen and oxygen atoms in total. The summed E-state index contributed by atoms with van der Waals surface area (Å²) in [6.45, 7) is 3.67. The number of nitrogens with one attached hydrogen (secondary N) is 2. The van der Waals surface area contributed by atoms with Crippen molar-refractivity contribution in [3.05, 3.63) is 45.7 Å². The molecular formula is C31H37ClN6O2S. The molecule has 0 spiro atoms. The van der Waals surface area contributed by atoms with Crippen LogP contribution < -0.4 is 10.6 Å². The fourth-order valence-electron chi connectivity index (χ4n) is 6.93. The van der Waals surface area contributed by atoms with Gasteiger partial charge in [0.15, 0.2) is 5.13 Å². The van der Waals surface area contributed by atoms with Crippen LogP contribution in [0, 0.1) is 0 Å². The van der Waals surface area contributed by atoms with Gasteiger partial charge in [0.05, 0.1) is 39.1 Å². The van der Waals surface area contributed by atoms with Gasteiger partial charge in [-0.1, -0.05) is 41.8 Å². The van der Waals surface area contributed by atoms with Gasteiger partial charge in [-0.05, 0) is 69.1 Å². The van der Waals surface area contributed by atoms with Crippen molar-refractivity contribution >= 4 is 39.9 Å². The summed E-state index contributed by atoms with van der Waals surface area (Å²) in [6, 6.07) is 6.90. The van der Waals surface area contributed by atoms with E-state index >= 15 is 0 Å². The molecule has 1 aliphatic heterocycles. The van der Waals surface area contributed by atoms with Crippen molar-refractivity contribution in [1.82, 2.24) is 25.0 Å². The van der Waals surface area contributed by atoms with Crippen LogP contribution in [-0.2, 0) is 28.9 Å². The Hall–Kier alpha value is -2.75. The molecule has 0 atom stereocenters. The minimum Gasteiger partial charge on any atom is -0.353 e. The number of nitrogens with zero attached hydrogens (tertiary/aromatic N) is 4. The first kappa shape index (κ1) is 27.1. The van der Waals surface area contributed by atoms with Gasteiger partial charge in [-0.25, -0.2) is 9.67 Å². The van der Waals surface area contributed by atoms with Crippen LogP contribution in [0.2, 0.25) is 5.02 Å². The van der Waals surface area contributed by atoms with E-state index in [1.54, 1.807) is 0 Å². The Morgan fingerprint density at radius 3 is 2.56 bits per heavy atom. The highest BCUT2D eigenvalue weighted by Gasteiger charge is 2.36. The van der Waals surface area contributed by atoms with Crippen molar-refractivity contribution < 1.29 is 9.59 Å². The number of amides is 2. The minimum absolute atomic E-state index is 0.0559. The molecule has 0 unspecified atom stereocenters. The van der Waals surface area contributed by atoms with Crippen LogP contribution in [0.3, 0.4) is 0 Å². The number of benzene rings is 1. The third-order valence-electron chi connectivity index (χ3n) is 9.13. The molecule has 2 aromatic heterocycles. The normalized spacial score (nSPS) is 19.7. The quantitative estimate of drug-likeness (QED) is 0.370. The fourth-order valence-corrected chi connectivity index (χ4v) is 8.33. The maximum atomic E-state index is 13.0. The molecule has 0 bridgehead atoms. The fraction of sp³-hybridized carbons (Fsp3) is 0.548. The summed E-state index contributed by atoms with van der Waals surface area (Å²) >= 11 is 8.40. The number of likely N-dealkylation sites (tertiary alicyclic amines) is 1. The molecule has 4 aliphatic rings. The summed E-state index contributed by atoms with van der Waals surface area (Å²) < 4.78 is 1.97. The van der Waals surface area contributed by atoms with Gasteiger partial charge >= 0.3 is 0 Å². The first-order chi connectivity index (χ1) is 19.9. The molecule has 1 saturated heterocycles. The Labute approximate surface area is 249 Å². The van der Waals surface area contributed by atoms with Crippen LogP contribution in [-0.4, -0.2) is 56.7 Å². The van der Waals surface area contributed by atoms with Crippen molar-refractivity contribution in [2.75, 3.05) is 18.4 Å². The minimum atomic E-state index is -0.124. The van der Waals surface area contributed by atoms with Crippen LogP contribution in [0.15, 0.2) is 18.2 Å². The molecule has 2 saturated carbocycles. The van der Waals surface area contributed by atoms with E-state index in [-0.39, 0.29) is 17.9 Å². The monoisotopic (exact) mass is 592 g/mol. The number of thiazole rings is 1. The van der Waals surface area contributed by atoms with Gasteiger partial charge in [-0.2, -0.15) is 5.10 Å². The smallest absolute Gasteiger partial charge is 0.224 e. The molecule has 3 fully saturated rings. The summed E-state index contributed by atoms with van der Waals surface area (Å²) in [5, 5.41) is 12.4. The molecule has 3 aliphatic carbocycles. The summed E-state index contributed by atoms with van der Waals surface area (Å²) in [7, 11) is 0. The number of halogens is 1. The van der Waals surface area contributed by atoms with E-state index in [1.165, 1.54) is 55.2 Å². The Bertz CT molecular complexity index is 1480. The number of rotatable bonds is 7. The highest BCUT2D eigenvalue weighted by molar-refractivity contribution is 7.19. The lowest BCUT2D eigenvalue weighted by atomic mass is 9.96. The Balaban J connectivity index is 1.08. The highest BCUT2D eigenvalue weighted by atomic mass is 35.5. The topological polar surface area (TPSA) is 92.1 Å². The molecule has 0 radical (unpaired) electrons. The van der Waals surface area contributed by atoms with Crippen molar-refractivity contribution in [3.63, 3.8) is 0 Å². The lowest BCUT2D eigenvalue weighted by Gasteiger charge is -2.36. The SMILES string of the molecule is CC(=O)Nc1nc2c(s1)-c1c(c(C3CC3)nn1-c1ccc(CC(=O)NC3CCN(C4CCCC4)CC3)cc1Cl)CC2. The third-order valence-corrected chi connectivity index (χ3v) is 10.4. The molecule has 2 amide bonds. The van der Waals surface area contributed by atoms with E-state index in [2.05, 4.69) is 15.5 Å². The zero-order chi connectivity index (χ0) is 28.1. The lowest BCUT2D eigenvalue weighted by Crippen LogP contribution is -2.47. The molecule has 41 heavy (non-hydrogen) atoms. The summed E-state index contributed by atoms with van der Waals surface area (Å²) in [5.41, 5.74) is 6.18. The number of piperidine rings is 1. The van der Waals surface area contributed by atoms with Gasteiger partial charge in [0.25, 0.3) is 0 Å². The number of aromatic nitrogens is 3. The van der Waals surface area contributed by atoms with E-state index in [0.717, 1.165) is 85.2 Å². The molecule has 10 heteroatoms. The maximum Gasteiger partial charge on any atom is 0.224 e. The number of fused-ring (bicyclic) bond motifs is 3. The van der Waals surface area contributed by atoms with Crippen molar-refractivity contribution in [1.29, 1.82) is 0 Å². The second-order valence-corrected chi connectivity index (χ2v) is 13.6. The number of aryl methyl sites for hydroxylation is 1. The number of hydrogen-bond acceptors (Lipinski definition) is 6. The maximum absolute atomic E-state index is 13.0. The second kappa shape index (κ2) is 11.2. The summed E-state index contributed by atoms with van der Waals surface area (Å²) in [6.07, 6.45) is 11.8. The van der Waals surface area contributed by atoms with Crippen LogP contribution >= 0.6 is 22.9 Å². The van der Waals surface area contributed by atoms with Crippen LogP contribution in [0.1, 0.15) is 86.7 Å². The first-order valence-corrected chi connectivity index (χ1v) is 16.3. The molecule has 3 heterocycles. The molecule has 2 N–H and O–H groups in total. The number of carbonyl (C=O) groups is 2. The van der Waals surface area contributed by atoms with E-state index in [9.17, 15) is 9.59 Å². The third kappa shape index (κ3) is 5.56. The molecule has 3 aromatic rings. The van der Waals surface area contributed by atoms with Gasteiger partial charge in [-0.15, -0.1) is 0 Å². The van der Waals surface area contributed by atoms with Gasteiger partial charge in [0, 0.05) is 43.6 Å². The highest BCUT2D eigenvalue weighted by Crippen LogP contribution is 2.48. The lowest BCUT2D eigenvalue weighted by molar-refractivity contribution is -0.121. The molecular weight excluding hydrogens is 556 g/mol. The van der Waals surface area contributed by atoms with Crippen LogP contribution in [0.4, 0.5) is 5.13 Å². The zero-order valence-electron chi connectivity index (χ0n) is 23.5. The van der Waals surface area contributed by atoms with E-state index in [1.807, 2.05) is 22.9 Å². The van der Waals surface area contributed by atoms with Crippen molar-refractivity contribution in [2.24, 2.45) is 0 Å². The average Bonchev–Trinajstić information content (AvgIpc) is 3.31. The summed E-state index contributed by atoms with van der Waals surface area (Å²) in [4.78, 5) is 33.0. The second-order valence-electron chi connectivity index (χ2n) is 12.2. The molecule has 216 valence electrons.